The molecule has 4 amide bonds. The van der Waals surface area contributed by atoms with Crippen LogP contribution in [0.5, 0.6) is 0 Å². The van der Waals surface area contributed by atoms with Crippen molar-refractivity contribution in [2.45, 2.75) is 64.5 Å². The maximum atomic E-state index is 13.0. The third-order valence-corrected chi connectivity index (χ3v) is 5.69. The molecule has 0 aromatic rings. The maximum absolute atomic E-state index is 13.0. The first kappa shape index (κ1) is 21.0. The lowest BCUT2D eigenvalue weighted by atomic mass is 9.64. The number of amides is 4. The molecule has 0 aromatic carbocycles. The topological polar surface area (TPSA) is 105 Å². The molecule has 0 radical (unpaired) electrons. The van der Waals surface area contributed by atoms with Crippen molar-refractivity contribution in [3.05, 3.63) is 0 Å². The zero-order chi connectivity index (χ0) is 18.4. The van der Waals surface area contributed by atoms with Crippen LogP contribution in [0, 0.1) is 17.3 Å². The summed E-state index contributed by atoms with van der Waals surface area (Å²) in [6.07, 6.45) is 4.49. The van der Waals surface area contributed by atoms with Crippen LogP contribution in [-0.2, 0) is 9.59 Å². The van der Waals surface area contributed by atoms with E-state index in [0.717, 1.165) is 24.2 Å². The molecule has 0 aromatic heterocycles. The molecule has 3 fully saturated rings. The molecule has 3 unspecified atom stereocenters. The Morgan fingerprint density at radius 2 is 2.00 bits per heavy atom. The van der Waals surface area contributed by atoms with Crippen molar-refractivity contribution in [3.63, 3.8) is 0 Å². The minimum atomic E-state index is -0.858. The number of halogens is 1. The van der Waals surface area contributed by atoms with Crippen molar-refractivity contribution in [2.75, 3.05) is 13.1 Å². The molecule has 3 atom stereocenters. The average Bonchev–Trinajstić information content (AvgIpc) is 3.28. The summed E-state index contributed by atoms with van der Waals surface area (Å²) in [6.45, 7) is 6.51. The summed E-state index contributed by atoms with van der Waals surface area (Å²) in [7, 11) is 0. The van der Waals surface area contributed by atoms with Crippen molar-refractivity contribution < 1.29 is 14.4 Å². The highest BCUT2D eigenvalue weighted by Gasteiger charge is 2.56. The second kappa shape index (κ2) is 7.35. The highest BCUT2D eigenvalue weighted by Crippen LogP contribution is 2.46. The number of hydrogen-bond donors (Lipinski definition) is 3. The third kappa shape index (κ3) is 4.31. The molecule has 3 aliphatic rings. The van der Waals surface area contributed by atoms with Gasteiger partial charge in [-0.1, -0.05) is 20.8 Å². The van der Waals surface area contributed by atoms with Gasteiger partial charge in [0.05, 0.1) is 0 Å². The Morgan fingerprint density at radius 1 is 1.35 bits per heavy atom. The molecule has 2 saturated carbocycles. The van der Waals surface area contributed by atoms with Crippen molar-refractivity contribution in [3.8, 4) is 0 Å². The molecule has 2 aliphatic carbocycles. The SMILES string of the molecule is CC1CC(C)(C)CC2(C1)NC(=O)N(CC(=O)NCC(N)C1CC1)C2=O.Cl. The highest BCUT2D eigenvalue weighted by atomic mass is 35.5. The lowest BCUT2D eigenvalue weighted by Crippen LogP contribution is -2.54. The summed E-state index contributed by atoms with van der Waals surface area (Å²) in [5.41, 5.74) is 5.10. The van der Waals surface area contributed by atoms with Gasteiger partial charge in [0.25, 0.3) is 5.91 Å². The molecule has 26 heavy (non-hydrogen) atoms. The number of nitrogens with one attached hydrogen (secondary N) is 2. The molecule has 1 heterocycles. The molecule has 148 valence electrons. The highest BCUT2D eigenvalue weighted by molar-refractivity contribution is 6.09. The first-order valence-electron chi connectivity index (χ1n) is 9.28. The van der Waals surface area contributed by atoms with Gasteiger partial charge >= 0.3 is 6.03 Å². The standard InChI is InChI=1S/C18H30N4O3.ClH/c1-11-6-17(2,3)10-18(7-11)15(24)22(16(25)21-18)9-14(23)20-8-13(19)12-4-5-12;/h11-13H,4-10,19H2,1-3H3,(H,20,23)(H,21,25);1H. The van der Waals surface area contributed by atoms with Gasteiger partial charge in [-0.3, -0.25) is 14.5 Å². The van der Waals surface area contributed by atoms with Gasteiger partial charge in [-0.05, 0) is 49.4 Å². The Labute approximate surface area is 161 Å². The molecule has 1 saturated heterocycles. The number of carbonyl (C=O) groups is 3. The quantitative estimate of drug-likeness (QED) is 0.621. The van der Waals surface area contributed by atoms with Crippen molar-refractivity contribution in [1.29, 1.82) is 0 Å². The number of imide groups is 1. The number of nitrogens with two attached hydrogens (primary N) is 1. The van der Waals surface area contributed by atoms with E-state index < -0.39 is 11.6 Å². The molecular formula is C18H31ClN4O3. The van der Waals surface area contributed by atoms with Gasteiger partial charge in [-0.15, -0.1) is 12.4 Å². The molecule has 7 nitrogen and oxygen atoms in total. The number of hydrogen-bond acceptors (Lipinski definition) is 4. The second-order valence-electron chi connectivity index (χ2n) is 9.06. The summed E-state index contributed by atoms with van der Waals surface area (Å²) in [5, 5.41) is 5.64. The van der Waals surface area contributed by atoms with Gasteiger partial charge in [0.15, 0.2) is 0 Å². The summed E-state index contributed by atoms with van der Waals surface area (Å²) in [4.78, 5) is 38.5. The predicted octanol–water partition coefficient (Wildman–Crippen LogP) is 1.40. The van der Waals surface area contributed by atoms with Crippen LogP contribution in [0.2, 0.25) is 0 Å². The van der Waals surface area contributed by atoms with Crippen LogP contribution in [0.3, 0.4) is 0 Å². The average molecular weight is 387 g/mol. The van der Waals surface area contributed by atoms with Crippen molar-refractivity contribution in [1.82, 2.24) is 15.5 Å². The van der Waals surface area contributed by atoms with E-state index in [0.29, 0.717) is 31.2 Å². The summed E-state index contributed by atoms with van der Waals surface area (Å²) < 4.78 is 0. The Morgan fingerprint density at radius 3 is 2.58 bits per heavy atom. The van der Waals surface area contributed by atoms with E-state index in [1.54, 1.807) is 0 Å². The van der Waals surface area contributed by atoms with Gasteiger partial charge in [-0.2, -0.15) is 0 Å². The van der Waals surface area contributed by atoms with Crippen LogP contribution < -0.4 is 16.4 Å². The monoisotopic (exact) mass is 386 g/mol. The summed E-state index contributed by atoms with van der Waals surface area (Å²) in [5.74, 6) is 0.239. The Kier molecular flexibility index (Phi) is 5.93. The van der Waals surface area contributed by atoms with E-state index >= 15 is 0 Å². The van der Waals surface area contributed by atoms with Gasteiger partial charge in [0, 0.05) is 12.6 Å². The van der Waals surface area contributed by atoms with Crippen molar-refractivity contribution in [2.24, 2.45) is 23.0 Å². The first-order valence-corrected chi connectivity index (χ1v) is 9.28. The van der Waals surface area contributed by atoms with E-state index in [2.05, 4.69) is 31.4 Å². The zero-order valence-electron chi connectivity index (χ0n) is 15.8. The molecule has 1 spiro atoms. The zero-order valence-corrected chi connectivity index (χ0v) is 16.7. The normalized spacial score (nSPS) is 31.4. The third-order valence-electron chi connectivity index (χ3n) is 5.69. The fraction of sp³-hybridized carbons (Fsp3) is 0.833. The van der Waals surface area contributed by atoms with Crippen molar-refractivity contribution >= 4 is 30.3 Å². The second-order valence-corrected chi connectivity index (χ2v) is 9.06. The van der Waals surface area contributed by atoms with Gasteiger partial charge in [0.2, 0.25) is 5.91 Å². The fourth-order valence-corrected chi connectivity index (χ4v) is 4.77. The number of carbonyl (C=O) groups excluding carboxylic acids is 3. The lowest BCUT2D eigenvalue weighted by molar-refractivity contribution is -0.137. The van der Waals surface area contributed by atoms with Crippen LogP contribution >= 0.6 is 12.4 Å². The van der Waals surface area contributed by atoms with Crippen LogP contribution in [0.15, 0.2) is 0 Å². The van der Waals surface area contributed by atoms with Gasteiger partial charge in [0.1, 0.15) is 12.1 Å². The van der Waals surface area contributed by atoms with Gasteiger partial charge < -0.3 is 16.4 Å². The lowest BCUT2D eigenvalue weighted by Gasteiger charge is -2.43. The fourth-order valence-electron chi connectivity index (χ4n) is 4.77. The van der Waals surface area contributed by atoms with E-state index in [-0.39, 0.29) is 42.2 Å². The largest absolute Gasteiger partial charge is 0.353 e. The number of rotatable bonds is 5. The smallest absolute Gasteiger partial charge is 0.325 e. The molecule has 1 aliphatic heterocycles. The Balaban J connectivity index is 0.00000243. The molecule has 0 bridgehead atoms. The number of urea groups is 1. The minimum absolute atomic E-state index is 0. The summed E-state index contributed by atoms with van der Waals surface area (Å²) in [6, 6.07) is -0.505. The molecule has 8 heteroatoms. The number of nitrogens with zero attached hydrogens (tertiary/aromatic N) is 1. The summed E-state index contributed by atoms with van der Waals surface area (Å²) >= 11 is 0. The van der Waals surface area contributed by atoms with E-state index in [9.17, 15) is 14.4 Å². The van der Waals surface area contributed by atoms with E-state index in [1.807, 2.05) is 0 Å². The van der Waals surface area contributed by atoms with E-state index in [4.69, 9.17) is 5.73 Å². The minimum Gasteiger partial charge on any atom is -0.353 e. The predicted molar refractivity (Wildman–Crippen MR) is 101 cm³/mol. The van der Waals surface area contributed by atoms with Crippen LogP contribution in [-0.4, -0.2) is 47.4 Å². The Hall–Kier alpha value is -1.34. The first-order chi connectivity index (χ1) is 11.6. The van der Waals surface area contributed by atoms with E-state index in [1.165, 1.54) is 0 Å². The molecular weight excluding hydrogens is 356 g/mol. The molecule has 4 N–H and O–H groups in total. The van der Waals surface area contributed by atoms with Gasteiger partial charge in [-0.25, -0.2) is 4.79 Å². The molecule has 3 rings (SSSR count). The van der Waals surface area contributed by atoms with Crippen LogP contribution in [0.25, 0.3) is 0 Å². The van der Waals surface area contributed by atoms with Crippen LogP contribution in [0.1, 0.15) is 52.9 Å². The maximum Gasteiger partial charge on any atom is 0.325 e. The Bertz CT molecular complexity index is 593. The van der Waals surface area contributed by atoms with Crippen LogP contribution in [0.4, 0.5) is 4.79 Å².